The van der Waals surface area contributed by atoms with Gasteiger partial charge in [0.15, 0.2) is 22.9 Å². The van der Waals surface area contributed by atoms with E-state index in [9.17, 15) is 5.11 Å². The van der Waals surface area contributed by atoms with Crippen molar-refractivity contribution in [2.75, 3.05) is 19.8 Å². The van der Waals surface area contributed by atoms with Crippen LogP contribution in [0.2, 0.25) is 36.3 Å². The van der Waals surface area contributed by atoms with Crippen LogP contribution in [0.4, 0.5) is 0 Å². The van der Waals surface area contributed by atoms with Crippen LogP contribution in [0.3, 0.4) is 0 Å². The zero-order valence-electron chi connectivity index (χ0n) is 24.5. The van der Waals surface area contributed by atoms with Crippen LogP contribution >= 0.6 is 0 Å². The molecule has 1 saturated carbocycles. The van der Waals surface area contributed by atoms with Crippen molar-refractivity contribution in [3.05, 3.63) is 12.2 Å². The van der Waals surface area contributed by atoms with Crippen LogP contribution in [-0.4, -0.2) is 60.1 Å². The second-order valence-corrected chi connectivity index (χ2v) is 23.3. The van der Waals surface area contributed by atoms with Gasteiger partial charge >= 0.3 is 0 Å². The number of hydrogen-bond donors (Lipinski definition) is 1. The first kappa shape index (κ1) is 31.2. The van der Waals surface area contributed by atoms with Crippen molar-refractivity contribution >= 4 is 16.6 Å². The quantitative estimate of drug-likeness (QED) is 0.173. The number of ether oxygens (including phenoxy) is 2. The monoisotopic (exact) mass is 528 g/mol. The molecule has 1 heterocycles. The van der Waals surface area contributed by atoms with Gasteiger partial charge in [-0.1, -0.05) is 53.7 Å². The Hall–Kier alpha value is -0.0262. The van der Waals surface area contributed by atoms with Crippen LogP contribution in [0.15, 0.2) is 12.2 Å². The molecule has 0 bridgehead atoms. The van der Waals surface area contributed by atoms with Gasteiger partial charge in [-0.15, -0.1) is 0 Å². The summed E-state index contributed by atoms with van der Waals surface area (Å²) in [5.41, 5.74) is 0. The topological polar surface area (TPSA) is 57.2 Å². The average molecular weight is 529 g/mol. The van der Waals surface area contributed by atoms with E-state index in [1.165, 1.54) is 6.42 Å². The molecule has 206 valence electrons. The lowest BCUT2D eigenvalue weighted by Gasteiger charge is -2.40. The summed E-state index contributed by atoms with van der Waals surface area (Å²) in [5.74, 6) is 0.373. The largest absolute Gasteiger partial charge is 0.414 e. The molecule has 2 rings (SSSR count). The highest BCUT2D eigenvalue weighted by atomic mass is 28.4. The highest BCUT2D eigenvalue weighted by Crippen LogP contribution is 2.47. The molecule has 1 saturated heterocycles. The lowest BCUT2D eigenvalue weighted by molar-refractivity contribution is -0.161. The van der Waals surface area contributed by atoms with E-state index in [2.05, 4.69) is 79.9 Å². The first-order chi connectivity index (χ1) is 16.1. The molecule has 2 aliphatic rings. The van der Waals surface area contributed by atoms with Crippen LogP contribution in [-0.2, 0) is 18.3 Å². The molecule has 2 fully saturated rings. The summed E-state index contributed by atoms with van der Waals surface area (Å²) in [7, 11) is -3.89. The Bertz CT molecular complexity index is 659. The summed E-state index contributed by atoms with van der Waals surface area (Å²) >= 11 is 0. The van der Waals surface area contributed by atoms with Crippen LogP contribution < -0.4 is 0 Å². The molecular formula is C28H56O5Si2. The fourth-order valence-electron chi connectivity index (χ4n) is 4.57. The second kappa shape index (κ2) is 12.7. The van der Waals surface area contributed by atoms with Gasteiger partial charge in [0.05, 0.1) is 18.8 Å². The van der Waals surface area contributed by atoms with E-state index in [-0.39, 0.29) is 47.0 Å². The van der Waals surface area contributed by atoms with Crippen LogP contribution in [0, 0.1) is 11.8 Å². The van der Waals surface area contributed by atoms with Crippen LogP contribution in [0.5, 0.6) is 0 Å². The van der Waals surface area contributed by atoms with Gasteiger partial charge in [-0.2, -0.15) is 0 Å². The van der Waals surface area contributed by atoms with Crippen LogP contribution in [0.25, 0.3) is 0 Å². The normalized spacial score (nSPS) is 29.3. The highest BCUT2D eigenvalue weighted by Gasteiger charge is 2.50. The van der Waals surface area contributed by atoms with Gasteiger partial charge in [-0.05, 0) is 80.7 Å². The summed E-state index contributed by atoms with van der Waals surface area (Å²) in [5, 5.41) is 10.8. The molecule has 0 aromatic heterocycles. The molecule has 35 heavy (non-hydrogen) atoms. The number of hydrogen-bond acceptors (Lipinski definition) is 5. The first-order valence-corrected chi connectivity index (χ1v) is 19.8. The summed E-state index contributed by atoms with van der Waals surface area (Å²) in [6.45, 7) is 24.7. The van der Waals surface area contributed by atoms with Crippen molar-refractivity contribution in [2.45, 2.75) is 135 Å². The molecule has 1 aliphatic heterocycles. The van der Waals surface area contributed by atoms with Gasteiger partial charge in [0.25, 0.3) is 0 Å². The zero-order valence-corrected chi connectivity index (χ0v) is 26.5. The van der Waals surface area contributed by atoms with Gasteiger partial charge in [0.1, 0.15) is 0 Å². The Balaban J connectivity index is 2.07. The standard InChI is InChI=1S/C28H56O5Si2/c1-27(2,3)34(7,8)32-24-20-25(33-35(9,10)28(4,5)6)23(21-29)22(24)16-12-11-14-18-30-26-17-13-15-19-31-26/h11-12,22-26,29H,13-21H2,1-10H3/b12-11-/t22-,23+,24-,25+,26?/m1/s1. The number of rotatable bonds is 11. The Morgan fingerprint density at radius 3 is 1.91 bits per heavy atom. The van der Waals surface area contributed by atoms with E-state index in [0.29, 0.717) is 6.61 Å². The molecule has 0 radical (unpaired) electrons. The predicted molar refractivity (Wildman–Crippen MR) is 151 cm³/mol. The van der Waals surface area contributed by atoms with Crippen molar-refractivity contribution in [2.24, 2.45) is 11.8 Å². The summed E-state index contributed by atoms with van der Waals surface area (Å²) < 4.78 is 25.4. The summed E-state index contributed by atoms with van der Waals surface area (Å²) in [6.07, 6.45) is 10.7. The molecule has 7 heteroatoms. The number of allylic oxidation sites excluding steroid dienone is 1. The lowest BCUT2D eigenvalue weighted by Crippen LogP contribution is -2.45. The van der Waals surface area contributed by atoms with Crippen LogP contribution in [0.1, 0.15) is 80.1 Å². The van der Waals surface area contributed by atoms with Gasteiger partial charge in [0.2, 0.25) is 0 Å². The van der Waals surface area contributed by atoms with E-state index in [4.69, 9.17) is 18.3 Å². The van der Waals surface area contributed by atoms with E-state index < -0.39 is 16.6 Å². The second-order valence-electron chi connectivity index (χ2n) is 13.7. The average Bonchev–Trinajstić information content (AvgIpc) is 3.04. The molecule has 5 nitrogen and oxygen atoms in total. The molecule has 1 unspecified atom stereocenters. The fourth-order valence-corrected chi connectivity index (χ4v) is 7.34. The predicted octanol–water partition coefficient (Wildman–Crippen LogP) is 7.28. The van der Waals surface area contributed by atoms with E-state index in [1.807, 2.05) is 0 Å². The summed E-state index contributed by atoms with van der Waals surface area (Å²) in [4.78, 5) is 0. The molecular weight excluding hydrogens is 472 g/mol. The minimum atomic E-state index is -1.95. The van der Waals surface area contributed by atoms with Crippen molar-refractivity contribution < 1.29 is 23.4 Å². The molecule has 0 aromatic carbocycles. The Morgan fingerprint density at radius 1 is 0.857 bits per heavy atom. The molecule has 5 atom stereocenters. The Labute approximate surface area is 218 Å². The molecule has 0 amide bonds. The SMILES string of the molecule is CC(C)(C)[Si](C)(C)O[C@H]1C[C@@H](O[Si](C)(C)C(C)(C)C)[C@H](C/C=C\CCOC2CCCCO2)[C@@H]1CO. The molecule has 1 N–H and O–H groups in total. The zero-order chi connectivity index (χ0) is 26.5. The Kier molecular flexibility index (Phi) is 11.3. The molecule has 0 aromatic rings. The third kappa shape index (κ3) is 8.76. The number of aliphatic hydroxyl groups excluding tert-OH is 1. The smallest absolute Gasteiger partial charge is 0.192 e. The first-order valence-electron chi connectivity index (χ1n) is 13.9. The van der Waals surface area contributed by atoms with Crippen molar-refractivity contribution in [1.29, 1.82) is 0 Å². The van der Waals surface area contributed by atoms with Gasteiger partial charge in [0, 0.05) is 19.1 Å². The van der Waals surface area contributed by atoms with Crippen molar-refractivity contribution in [3.63, 3.8) is 0 Å². The maximum absolute atomic E-state index is 10.5. The third-order valence-electron chi connectivity index (χ3n) is 8.99. The Morgan fingerprint density at radius 2 is 1.43 bits per heavy atom. The van der Waals surface area contributed by atoms with E-state index in [1.54, 1.807) is 0 Å². The minimum absolute atomic E-state index is 0.0265. The van der Waals surface area contributed by atoms with E-state index >= 15 is 0 Å². The number of aliphatic hydroxyl groups is 1. The minimum Gasteiger partial charge on any atom is -0.414 e. The van der Waals surface area contributed by atoms with Crippen molar-refractivity contribution in [3.8, 4) is 0 Å². The maximum atomic E-state index is 10.5. The highest BCUT2D eigenvalue weighted by molar-refractivity contribution is 6.74. The fraction of sp³-hybridized carbons (Fsp3) is 0.929. The molecule has 0 spiro atoms. The van der Waals surface area contributed by atoms with Crippen molar-refractivity contribution in [1.82, 2.24) is 0 Å². The summed E-state index contributed by atoms with van der Waals surface area (Å²) in [6, 6.07) is 0. The van der Waals surface area contributed by atoms with Gasteiger partial charge in [-0.25, -0.2) is 0 Å². The lowest BCUT2D eigenvalue weighted by atomic mass is 9.91. The van der Waals surface area contributed by atoms with Gasteiger partial charge < -0.3 is 23.4 Å². The maximum Gasteiger partial charge on any atom is 0.192 e. The van der Waals surface area contributed by atoms with Gasteiger partial charge in [-0.3, -0.25) is 0 Å². The molecule has 1 aliphatic carbocycles. The van der Waals surface area contributed by atoms with E-state index in [0.717, 1.165) is 38.7 Å². The third-order valence-corrected chi connectivity index (χ3v) is 18.0.